The van der Waals surface area contributed by atoms with Gasteiger partial charge in [-0.05, 0) is 45.0 Å². The topological polar surface area (TPSA) is 94.3 Å². The SMILES string of the molecule is Cc1cc(-c2cc(C(=O)OCC(=O)Nc3cc(F)cc(F)c3)c3c(C)noc3n2)c(C)s1. The average Bonchev–Trinajstić information content (AvgIpc) is 3.26. The van der Waals surface area contributed by atoms with E-state index in [9.17, 15) is 18.4 Å². The first-order chi connectivity index (χ1) is 15.2. The van der Waals surface area contributed by atoms with Crippen LogP contribution in [0.1, 0.15) is 25.8 Å². The van der Waals surface area contributed by atoms with Crippen molar-refractivity contribution in [2.24, 2.45) is 0 Å². The van der Waals surface area contributed by atoms with Crippen LogP contribution in [0.15, 0.2) is 34.9 Å². The van der Waals surface area contributed by atoms with Gasteiger partial charge >= 0.3 is 5.97 Å². The molecule has 0 aliphatic heterocycles. The van der Waals surface area contributed by atoms with Crippen LogP contribution in [0.2, 0.25) is 0 Å². The molecule has 10 heteroatoms. The van der Waals surface area contributed by atoms with Crippen LogP contribution in [0.25, 0.3) is 22.4 Å². The van der Waals surface area contributed by atoms with Gasteiger partial charge in [0.25, 0.3) is 11.6 Å². The predicted molar refractivity (Wildman–Crippen MR) is 115 cm³/mol. The maximum absolute atomic E-state index is 13.3. The minimum absolute atomic E-state index is 0.0877. The molecule has 1 amide bonds. The second kappa shape index (κ2) is 8.46. The summed E-state index contributed by atoms with van der Waals surface area (Å²) in [6.07, 6.45) is 0. The van der Waals surface area contributed by atoms with E-state index in [1.165, 1.54) is 0 Å². The standard InChI is InChI=1S/C22H17F2N3O4S/c1-10-4-16(12(3)32-10)18-8-17(20-11(2)27-31-21(20)26-18)22(29)30-9-19(28)25-15-6-13(23)5-14(24)7-15/h4-8H,9H2,1-3H3,(H,25,28). The van der Waals surface area contributed by atoms with Crippen LogP contribution in [0.4, 0.5) is 14.5 Å². The van der Waals surface area contributed by atoms with E-state index in [1.54, 1.807) is 24.3 Å². The Balaban J connectivity index is 1.58. The highest BCUT2D eigenvalue weighted by atomic mass is 32.1. The van der Waals surface area contributed by atoms with Crippen molar-refractivity contribution in [2.75, 3.05) is 11.9 Å². The highest BCUT2D eigenvalue weighted by molar-refractivity contribution is 7.12. The number of aryl methyl sites for hydroxylation is 3. The maximum Gasteiger partial charge on any atom is 0.339 e. The lowest BCUT2D eigenvalue weighted by Crippen LogP contribution is -2.21. The number of nitrogens with zero attached hydrogens (tertiary/aromatic N) is 2. The van der Waals surface area contributed by atoms with Crippen LogP contribution < -0.4 is 5.32 Å². The van der Waals surface area contributed by atoms with Gasteiger partial charge in [-0.15, -0.1) is 11.3 Å². The summed E-state index contributed by atoms with van der Waals surface area (Å²) < 4.78 is 37.0. The van der Waals surface area contributed by atoms with Gasteiger partial charge in [-0.3, -0.25) is 4.79 Å². The molecule has 0 atom stereocenters. The number of nitrogens with one attached hydrogen (secondary N) is 1. The molecule has 7 nitrogen and oxygen atoms in total. The summed E-state index contributed by atoms with van der Waals surface area (Å²) >= 11 is 1.60. The predicted octanol–water partition coefficient (Wildman–Crippen LogP) is 4.95. The van der Waals surface area contributed by atoms with E-state index < -0.39 is 30.1 Å². The number of carbonyl (C=O) groups excluding carboxylic acids is 2. The van der Waals surface area contributed by atoms with Crippen molar-refractivity contribution >= 4 is 40.0 Å². The molecule has 0 spiro atoms. The number of fused-ring (bicyclic) bond motifs is 1. The minimum Gasteiger partial charge on any atom is -0.452 e. The Kier molecular flexibility index (Phi) is 5.70. The van der Waals surface area contributed by atoms with E-state index in [4.69, 9.17) is 9.26 Å². The third-order valence-corrected chi connectivity index (χ3v) is 5.60. The second-order valence-corrected chi connectivity index (χ2v) is 8.57. The van der Waals surface area contributed by atoms with E-state index in [2.05, 4.69) is 15.5 Å². The number of carbonyl (C=O) groups is 2. The molecule has 0 radical (unpaired) electrons. The molecule has 1 aromatic carbocycles. The maximum atomic E-state index is 13.3. The summed E-state index contributed by atoms with van der Waals surface area (Å²) in [5.74, 6) is -3.22. The Hall–Kier alpha value is -3.66. The van der Waals surface area contributed by atoms with Gasteiger partial charge in [0.1, 0.15) is 11.6 Å². The molecule has 4 aromatic rings. The lowest BCUT2D eigenvalue weighted by atomic mass is 10.1. The molecule has 0 aliphatic carbocycles. The zero-order valence-electron chi connectivity index (χ0n) is 17.3. The van der Waals surface area contributed by atoms with Crippen molar-refractivity contribution in [1.29, 1.82) is 0 Å². The number of esters is 1. The van der Waals surface area contributed by atoms with E-state index >= 15 is 0 Å². The molecule has 0 fully saturated rings. The number of amides is 1. The Morgan fingerprint density at radius 2 is 1.81 bits per heavy atom. The van der Waals surface area contributed by atoms with E-state index in [0.717, 1.165) is 27.5 Å². The zero-order chi connectivity index (χ0) is 23.0. The summed E-state index contributed by atoms with van der Waals surface area (Å²) in [5.41, 5.74) is 2.05. The summed E-state index contributed by atoms with van der Waals surface area (Å²) in [5, 5.41) is 6.54. The molecular weight excluding hydrogens is 440 g/mol. The van der Waals surface area contributed by atoms with Crippen molar-refractivity contribution in [3.8, 4) is 11.3 Å². The lowest BCUT2D eigenvalue weighted by Gasteiger charge is -2.09. The first-order valence-electron chi connectivity index (χ1n) is 9.49. The highest BCUT2D eigenvalue weighted by Crippen LogP contribution is 2.33. The van der Waals surface area contributed by atoms with Crippen LogP contribution >= 0.6 is 11.3 Å². The van der Waals surface area contributed by atoms with E-state index in [1.807, 2.05) is 19.9 Å². The molecule has 0 aliphatic rings. The van der Waals surface area contributed by atoms with Crippen molar-refractivity contribution < 1.29 is 27.6 Å². The quantitative estimate of drug-likeness (QED) is 0.426. The number of rotatable bonds is 5. The summed E-state index contributed by atoms with van der Waals surface area (Å²) in [7, 11) is 0. The molecule has 3 aromatic heterocycles. The molecule has 0 saturated heterocycles. The average molecular weight is 457 g/mol. The van der Waals surface area contributed by atoms with Crippen LogP contribution in [0.5, 0.6) is 0 Å². The number of benzene rings is 1. The minimum atomic E-state index is -0.842. The number of hydrogen-bond donors (Lipinski definition) is 1. The van der Waals surface area contributed by atoms with Gasteiger partial charge in [-0.2, -0.15) is 0 Å². The van der Waals surface area contributed by atoms with Crippen molar-refractivity contribution in [3.63, 3.8) is 0 Å². The molecular formula is C22H17F2N3O4S. The van der Waals surface area contributed by atoms with Crippen molar-refractivity contribution in [2.45, 2.75) is 20.8 Å². The molecule has 164 valence electrons. The fraction of sp³-hybridized carbons (Fsp3) is 0.182. The molecule has 3 heterocycles. The first-order valence-corrected chi connectivity index (χ1v) is 10.3. The van der Waals surface area contributed by atoms with Gasteiger partial charge in [0.05, 0.1) is 22.3 Å². The van der Waals surface area contributed by atoms with Crippen molar-refractivity contribution in [1.82, 2.24) is 10.1 Å². The Morgan fingerprint density at radius 3 is 2.47 bits per heavy atom. The van der Waals surface area contributed by atoms with Crippen molar-refractivity contribution in [3.05, 3.63) is 63.0 Å². The molecule has 0 saturated carbocycles. The number of aromatic nitrogens is 2. The monoisotopic (exact) mass is 457 g/mol. The summed E-state index contributed by atoms with van der Waals surface area (Å²) in [4.78, 5) is 31.5. The lowest BCUT2D eigenvalue weighted by molar-refractivity contribution is -0.119. The highest BCUT2D eigenvalue weighted by Gasteiger charge is 2.22. The van der Waals surface area contributed by atoms with Crippen LogP contribution in [0, 0.1) is 32.4 Å². The van der Waals surface area contributed by atoms with Crippen LogP contribution in [-0.4, -0.2) is 28.6 Å². The smallest absolute Gasteiger partial charge is 0.339 e. The largest absolute Gasteiger partial charge is 0.452 e. The van der Waals surface area contributed by atoms with Gasteiger partial charge in [-0.25, -0.2) is 18.6 Å². The molecule has 0 unspecified atom stereocenters. The number of anilines is 1. The third-order valence-electron chi connectivity index (χ3n) is 4.63. The fourth-order valence-corrected chi connectivity index (χ4v) is 4.24. The Bertz CT molecular complexity index is 1340. The number of halogens is 2. The van der Waals surface area contributed by atoms with Gasteiger partial charge < -0.3 is 14.6 Å². The first kappa shape index (κ1) is 21.6. The molecule has 32 heavy (non-hydrogen) atoms. The number of pyridine rings is 1. The van der Waals surface area contributed by atoms with E-state index in [-0.39, 0.29) is 17.0 Å². The van der Waals surface area contributed by atoms with Crippen LogP contribution in [-0.2, 0) is 9.53 Å². The number of ether oxygens (including phenoxy) is 1. The van der Waals surface area contributed by atoms with Crippen LogP contribution in [0.3, 0.4) is 0 Å². The van der Waals surface area contributed by atoms with Gasteiger partial charge in [0.15, 0.2) is 6.61 Å². The molecule has 4 rings (SSSR count). The zero-order valence-corrected chi connectivity index (χ0v) is 18.1. The Morgan fingerprint density at radius 1 is 1.09 bits per heavy atom. The summed E-state index contributed by atoms with van der Waals surface area (Å²) in [6.45, 7) is 4.92. The fourth-order valence-electron chi connectivity index (χ4n) is 3.31. The molecule has 1 N–H and O–H groups in total. The van der Waals surface area contributed by atoms with E-state index in [0.29, 0.717) is 22.8 Å². The van der Waals surface area contributed by atoms with Gasteiger partial charge in [0.2, 0.25) is 0 Å². The van der Waals surface area contributed by atoms with Gasteiger partial charge in [-0.1, -0.05) is 5.16 Å². The number of hydrogen-bond acceptors (Lipinski definition) is 7. The second-order valence-electron chi connectivity index (χ2n) is 7.11. The Labute approximate surface area is 185 Å². The molecule has 0 bridgehead atoms. The number of thiophene rings is 1. The third kappa shape index (κ3) is 4.35. The van der Waals surface area contributed by atoms with Gasteiger partial charge in [0, 0.05) is 27.1 Å². The normalized spacial score (nSPS) is 11.0. The summed E-state index contributed by atoms with van der Waals surface area (Å²) in [6, 6.07) is 6.11.